The molecule has 0 radical (unpaired) electrons. The minimum atomic E-state index is -4.41. The summed E-state index contributed by atoms with van der Waals surface area (Å²) in [4.78, 5) is 4.01. The highest BCUT2D eigenvalue weighted by molar-refractivity contribution is 5.47. The molecule has 0 bridgehead atoms. The number of alkyl halides is 3. The van der Waals surface area contributed by atoms with E-state index < -0.39 is 16.5 Å². The molecular weight excluding hydrogens is 247 g/mol. The van der Waals surface area contributed by atoms with Crippen LogP contribution in [0.5, 0.6) is 0 Å². The van der Waals surface area contributed by atoms with Gasteiger partial charge in [-0.1, -0.05) is 0 Å². The molecule has 1 aromatic rings. The fourth-order valence-corrected chi connectivity index (χ4v) is 1.72. The average molecular weight is 259 g/mol. The second-order valence-corrected chi connectivity index (χ2v) is 4.26. The normalized spacial score (nSPS) is 28.3. The fraction of sp³-hybridized carbons (Fsp3) is 0.333. The highest BCUT2D eigenvalue weighted by atomic mass is 19.4. The van der Waals surface area contributed by atoms with Gasteiger partial charge in [0.05, 0.1) is 5.56 Å². The van der Waals surface area contributed by atoms with Crippen molar-refractivity contribution in [3.8, 4) is 0 Å². The van der Waals surface area contributed by atoms with Crippen molar-refractivity contribution in [1.29, 1.82) is 0 Å². The Kier molecular flexibility index (Phi) is 2.96. The van der Waals surface area contributed by atoms with E-state index in [2.05, 4.69) is 0 Å². The van der Waals surface area contributed by atoms with E-state index in [0.717, 1.165) is 29.8 Å². The maximum absolute atomic E-state index is 12.4. The minimum Gasteiger partial charge on any atom is -0.588 e. The number of quaternary nitrogens is 1. The van der Waals surface area contributed by atoms with Crippen molar-refractivity contribution < 1.29 is 18.0 Å². The van der Waals surface area contributed by atoms with Crippen LogP contribution in [0.1, 0.15) is 19.4 Å². The Balaban J connectivity index is 2.31. The number of hydrogen-bond acceptors (Lipinski definition) is 2. The van der Waals surface area contributed by atoms with Gasteiger partial charge in [0, 0.05) is 17.7 Å². The Morgan fingerprint density at radius 1 is 1.22 bits per heavy atom. The van der Waals surface area contributed by atoms with E-state index in [4.69, 9.17) is 4.84 Å². The Morgan fingerprint density at radius 3 is 2.17 bits per heavy atom. The summed E-state index contributed by atoms with van der Waals surface area (Å²) in [5, 5.41) is 12.2. The molecule has 1 aromatic carbocycles. The molecule has 6 heteroatoms. The van der Waals surface area contributed by atoms with Crippen molar-refractivity contribution in [2.45, 2.75) is 26.1 Å². The third-order valence-electron chi connectivity index (χ3n) is 2.88. The Bertz CT molecular complexity index is 481. The molecular formula is C12H12F3NO2. The second kappa shape index (κ2) is 4.08. The van der Waals surface area contributed by atoms with Gasteiger partial charge in [-0.25, -0.2) is 0 Å². The van der Waals surface area contributed by atoms with Crippen molar-refractivity contribution in [3.05, 3.63) is 46.8 Å². The Hall–Kier alpha value is -1.37. The van der Waals surface area contributed by atoms with Crippen LogP contribution in [0.25, 0.3) is 0 Å². The van der Waals surface area contributed by atoms with E-state index in [1.165, 1.54) is 6.20 Å². The molecule has 2 rings (SSSR count). The van der Waals surface area contributed by atoms with Crippen LogP contribution in [0.3, 0.4) is 0 Å². The first-order chi connectivity index (χ1) is 8.22. The molecule has 0 spiro atoms. The average Bonchev–Trinajstić information content (AvgIpc) is 2.53. The van der Waals surface area contributed by atoms with Crippen molar-refractivity contribution in [2.75, 3.05) is 0 Å². The van der Waals surface area contributed by atoms with Crippen molar-refractivity contribution >= 4 is 5.69 Å². The van der Waals surface area contributed by atoms with Gasteiger partial charge in [-0.05, 0) is 26.0 Å². The Morgan fingerprint density at radius 2 is 1.78 bits per heavy atom. The van der Waals surface area contributed by atoms with E-state index in [9.17, 15) is 18.4 Å². The van der Waals surface area contributed by atoms with E-state index in [1.54, 1.807) is 13.8 Å². The number of hydroxylamine groups is 2. The molecule has 0 amide bonds. The first-order valence-corrected chi connectivity index (χ1v) is 5.38. The molecule has 3 nitrogen and oxygen atoms in total. The SMILES string of the molecule is CC1=C[N+]([O-])(c2ccc(C(F)(F)F)cc2)OC1C. The monoisotopic (exact) mass is 259 g/mol. The lowest BCUT2D eigenvalue weighted by Crippen LogP contribution is -2.35. The summed E-state index contributed by atoms with van der Waals surface area (Å²) in [5.74, 6) is 0. The maximum atomic E-state index is 12.4. The lowest BCUT2D eigenvalue weighted by atomic mass is 10.2. The van der Waals surface area contributed by atoms with Gasteiger partial charge in [0.2, 0.25) is 0 Å². The summed E-state index contributed by atoms with van der Waals surface area (Å²) in [6.45, 7) is 3.46. The minimum absolute atomic E-state index is 0.117. The molecule has 2 unspecified atom stereocenters. The van der Waals surface area contributed by atoms with Gasteiger partial charge in [-0.15, -0.1) is 0 Å². The van der Waals surface area contributed by atoms with Gasteiger partial charge in [0.1, 0.15) is 12.3 Å². The lowest BCUT2D eigenvalue weighted by Gasteiger charge is -2.31. The van der Waals surface area contributed by atoms with Gasteiger partial charge in [0.15, 0.2) is 5.69 Å². The number of halogens is 3. The molecule has 1 aliphatic rings. The molecule has 98 valence electrons. The highest BCUT2D eigenvalue weighted by Gasteiger charge is 2.34. The first kappa shape index (κ1) is 13.1. The molecule has 1 aliphatic heterocycles. The van der Waals surface area contributed by atoms with Crippen LogP contribution < -0.4 is 4.81 Å². The van der Waals surface area contributed by atoms with Crippen molar-refractivity contribution in [1.82, 2.24) is 4.81 Å². The van der Waals surface area contributed by atoms with E-state index in [1.807, 2.05) is 0 Å². The molecule has 0 saturated heterocycles. The van der Waals surface area contributed by atoms with Gasteiger partial charge in [0.25, 0.3) is 0 Å². The number of rotatable bonds is 1. The molecule has 2 atom stereocenters. The van der Waals surface area contributed by atoms with Crippen LogP contribution in [-0.2, 0) is 11.0 Å². The van der Waals surface area contributed by atoms with Crippen molar-refractivity contribution in [3.63, 3.8) is 0 Å². The summed E-state index contributed by atoms with van der Waals surface area (Å²) >= 11 is 0. The van der Waals surface area contributed by atoms with Gasteiger partial charge >= 0.3 is 6.18 Å². The topological polar surface area (TPSA) is 32.3 Å². The van der Waals surface area contributed by atoms with E-state index in [0.29, 0.717) is 0 Å². The van der Waals surface area contributed by atoms with E-state index in [-0.39, 0.29) is 11.8 Å². The molecule has 18 heavy (non-hydrogen) atoms. The number of benzene rings is 1. The van der Waals surface area contributed by atoms with Crippen molar-refractivity contribution in [2.24, 2.45) is 0 Å². The molecule has 0 aliphatic carbocycles. The summed E-state index contributed by atoms with van der Waals surface area (Å²) in [6, 6.07) is 4.03. The molecule has 0 saturated carbocycles. The van der Waals surface area contributed by atoms with Crippen LogP contribution in [-0.4, -0.2) is 6.10 Å². The van der Waals surface area contributed by atoms with E-state index >= 15 is 0 Å². The smallest absolute Gasteiger partial charge is 0.416 e. The maximum Gasteiger partial charge on any atom is 0.416 e. The molecule has 1 heterocycles. The zero-order chi connectivity index (χ0) is 13.6. The molecule has 0 fully saturated rings. The molecule has 0 N–H and O–H groups in total. The number of nitrogens with zero attached hydrogens (tertiary/aromatic N) is 1. The largest absolute Gasteiger partial charge is 0.588 e. The van der Waals surface area contributed by atoms with Crippen LogP contribution in [0.2, 0.25) is 0 Å². The predicted octanol–water partition coefficient (Wildman–Crippen LogP) is 3.75. The highest BCUT2D eigenvalue weighted by Crippen LogP contribution is 2.35. The standard InChI is InChI=1S/C12H12F3NO2/c1-8-7-16(17,18-9(8)2)11-5-3-10(4-6-11)12(13,14)15/h3-7,9H,1-2H3. The van der Waals surface area contributed by atoms with Crippen LogP contribution in [0.15, 0.2) is 36.0 Å². The Labute approximate surface area is 102 Å². The second-order valence-electron chi connectivity index (χ2n) is 4.26. The van der Waals surface area contributed by atoms with Gasteiger partial charge < -0.3 is 5.21 Å². The first-order valence-electron chi connectivity index (χ1n) is 5.38. The van der Waals surface area contributed by atoms with Gasteiger partial charge in [-0.2, -0.15) is 22.8 Å². The fourth-order valence-electron chi connectivity index (χ4n) is 1.72. The van der Waals surface area contributed by atoms with Crippen LogP contribution >= 0.6 is 0 Å². The quantitative estimate of drug-likeness (QED) is 0.568. The van der Waals surface area contributed by atoms with Gasteiger partial charge in [-0.3, -0.25) is 0 Å². The predicted molar refractivity (Wildman–Crippen MR) is 60.9 cm³/mol. The summed E-state index contributed by atoms with van der Waals surface area (Å²) in [6.07, 6.45) is -3.41. The third-order valence-corrected chi connectivity index (χ3v) is 2.88. The summed E-state index contributed by atoms with van der Waals surface area (Å²) < 4.78 is 37.2. The zero-order valence-corrected chi connectivity index (χ0v) is 9.86. The lowest BCUT2D eigenvalue weighted by molar-refractivity contribution is -0.137. The zero-order valence-electron chi connectivity index (χ0n) is 9.86. The summed E-state index contributed by atoms with van der Waals surface area (Å²) in [7, 11) is 0. The number of hydrogen-bond donors (Lipinski definition) is 0. The van der Waals surface area contributed by atoms with Crippen LogP contribution in [0.4, 0.5) is 18.9 Å². The molecule has 0 aromatic heterocycles. The van der Waals surface area contributed by atoms with Crippen LogP contribution in [0, 0.1) is 5.21 Å². The third kappa shape index (κ3) is 2.27. The summed E-state index contributed by atoms with van der Waals surface area (Å²) in [5.41, 5.74) is 0.0856.